The maximum Gasteiger partial charge on any atom is 0.119 e. The molecule has 0 aliphatic heterocycles. The molecule has 2 N–H and O–H groups in total. The quantitative estimate of drug-likeness (QED) is 0.805. The molecule has 17 heavy (non-hydrogen) atoms. The Kier molecular flexibility index (Phi) is 3.99. The van der Waals surface area contributed by atoms with E-state index in [1.54, 1.807) is 7.11 Å². The van der Waals surface area contributed by atoms with Gasteiger partial charge in [0.1, 0.15) is 18.5 Å². The van der Waals surface area contributed by atoms with Crippen LogP contribution in [0.5, 0.6) is 5.75 Å². The summed E-state index contributed by atoms with van der Waals surface area (Å²) in [7, 11) is 1.54. The zero-order valence-corrected chi connectivity index (χ0v) is 9.93. The number of benzene rings is 1. The zero-order valence-electron chi connectivity index (χ0n) is 9.93. The Labute approximate surface area is 101 Å². The van der Waals surface area contributed by atoms with Gasteiger partial charge < -0.3 is 19.7 Å². The lowest BCUT2D eigenvalue weighted by Gasteiger charge is -2.12. The zero-order chi connectivity index (χ0) is 12.3. The number of aryl methyl sites for hydroxylation is 1. The Morgan fingerprint density at radius 1 is 1.41 bits per heavy atom. The molecule has 0 saturated carbocycles. The van der Waals surface area contributed by atoms with Crippen molar-refractivity contribution in [1.82, 2.24) is 0 Å². The lowest BCUT2D eigenvalue weighted by Crippen LogP contribution is -2.22. The largest absolute Gasteiger partial charge is 0.491 e. The lowest BCUT2D eigenvalue weighted by molar-refractivity contribution is 0.0325. The summed E-state index contributed by atoms with van der Waals surface area (Å²) in [6.07, 6.45) is 0.719. The Balaban J connectivity index is 1.94. The van der Waals surface area contributed by atoms with Crippen LogP contribution in [-0.4, -0.2) is 36.6 Å². The molecular formula is C13H18O4. The van der Waals surface area contributed by atoms with Gasteiger partial charge in [-0.05, 0) is 36.1 Å². The van der Waals surface area contributed by atoms with E-state index >= 15 is 0 Å². The molecule has 1 aromatic rings. The van der Waals surface area contributed by atoms with E-state index in [1.165, 1.54) is 0 Å². The second-order valence-corrected chi connectivity index (χ2v) is 4.34. The van der Waals surface area contributed by atoms with Gasteiger partial charge in [0.2, 0.25) is 0 Å². The fourth-order valence-corrected chi connectivity index (χ4v) is 2.09. The molecule has 0 fully saturated rings. The van der Waals surface area contributed by atoms with E-state index in [1.807, 2.05) is 18.2 Å². The van der Waals surface area contributed by atoms with Gasteiger partial charge in [0, 0.05) is 7.11 Å². The highest BCUT2D eigenvalue weighted by Crippen LogP contribution is 2.33. The molecule has 0 radical (unpaired) electrons. The molecule has 0 aromatic heterocycles. The Morgan fingerprint density at radius 2 is 2.24 bits per heavy atom. The van der Waals surface area contributed by atoms with Crippen molar-refractivity contribution in [3.8, 4) is 5.75 Å². The van der Waals surface area contributed by atoms with E-state index in [-0.39, 0.29) is 19.3 Å². The standard InChI is InChI=1S/C13H18O4/c1-16-7-10(14)8-17-11-3-4-12-9(6-11)2-5-13(12)15/h3-4,6,10,13-15H,2,5,7-8H2,1H3/t10?,13-/m1/s1. The summed E-state index contributed by atoms with van der Waals surface area (Å²) in [5.41, 5.74) is 2.13. The van der Waals surface area contributed by atoms with Crippen LogP contribution in [0.25, 0.3) is 0 Å². The monoisotopic (exact) mass is 238 g/mol. The van der Waals surface area contributed by atoms with Gasteiger partial charge >= 0.3 is 0 Å². The third-order valence-corrected chi connectivity index (χ3v) is 2.96. The fraction of sp³-hybridized carbons (Fsp3) is 0.538. The molecule has 0 amide bonds. The second-order valence-electron chi connectivity index (χ2n) is 4.34. The summed E-state index contributed by atoms with van der Waals surface area (Å²) < 4.78 is 10.3. The minimum Gasteiger partial charge on any atom is -0.491 e. The van der Waals surface area contributed by atoms with Gasteiger partial charge in [-0.25, -0.2) is 0 Å². The van der Waals surface area contributed by atoms with Crippen molar-refractivity contribution in [2.24, 2.45) is 0 Å². The lowest BCUT2D eigenvalue weighted by atomic mass is 10.1. The number of ether oxygens (including phenoxy) is 2. The fourth-order valence-electron chi connectivity index (χ4n) is 2.09. The van der Waals surface area contributed by atoms with Crippen molar-refractivity contribution in [2.75, 3.05) is 20.3 Å². The predicted molar refractivity (Wildman–Crippen MR) is 63.1 cm³/mol. The number of aliphatic hydroxyl groups excluding tert-OH is 2. The summed E-state index contributed by atoms with van der Waals surface area (Å²) >= 11 is 0. The number of aliphatic hydroxyl groups is 2. The van der Waals surface area contributed by atoms with Crippen LogP contribution in [0.4, 0.5) is 0 Å². The molecule has 0 saturated heterocycles. The summed E-state index contributed by atoms with van der Waals surface area (Å²) in [5.74, 6) is 0.730. The van der Waals surface area contributed by atoms with Gasteiger partial charge in [-0.2, -0.15) is 0 Å². The first kappa shape index (κ1) is 12.4. The maximum atomic E-state index is 9.66. The first-order chi connectivity index (χ1) is 8.20. The molecule has 4 heteroatoms. The van der Waals surface area contributed by atoms with Crippen LogP contribution in [0.1, 0.15) is 23.7 Å². The SMILES string of the molecule is COCC(O)COc1ccc2c(c1)CC[C@H]2O. The third kappa shape index (κ3) is 2.97. The van der Waals surface area contributed by atoms with Crippen LogP contribution in [0.2, 0.25) is 0 Å². The van der Waals surface area contributed by atoms with Crippen LogP contribution in [0.3, 0.4) is 0 Å². The minimum absolute atomic E-state index is 0.217. The third-order valence-electron chi connectivity index (χ3n) is 2.96. The Bertz CT molecular complexity index is 378. The van der Waals surface area contributed by atoms with Gasteiger partial charge in [-0.15, -0.1) is 0 Å². The second kappa shape index (κ2) is 5.49. The Hall–Kier alpha value is -1.10. The molecule has 0 spiro atoms. The van der Waals surface area contributed by atoms with Gasteiger partial charge in [0.05, 0.1) is 12.7 Å². The molecule has 1 aliphatic carbocycles. The molecule has 94 valence electrons. The van der Waals surface area contributed by atoms with Gasteiger partial charge in [0.15, 0.2) is 0 Å². The molecule has 4 nitrogen and oxygen atoms in total. The number of rotatable bonds is 5. The average Bonchev–Trinajstić information content (AvgIpc) is 2.69. The van der Waals surface area contributed by atoms with E-state index in [9.17, 15) is 10.2 Å². The van der Waals surface area contributed by atoms with Crippen molar-refractivity contribution < 1.29 is 19.7 Å². The molecule has 1 unspecified atom stereocenters. The molecular weight excluding hydrogens is 220 g/mol. The topological polar surface area (TPSA) is 58.9 Å². The number of methoxy groups -OCH3 is 1. The summed E-state index contributed by atoms with van der Waals surface area (Å²) in [5, 5.41) is 19.1. The van der Waals surface area contributed by atoms with Crippen molar-refractivity contribution in [2.45, 2.75) is 25.0 Å². The molecule has 2 rings (SSSR count). The summed E-state index contributed by atoms with van der Waals surface area (Å²) in [6.45, 7) is 0.485. The van der Waals surface area contributed by atoms with Crippen molar-refractivity contribution in [3.63, 3.8) is 0 Å². The van der Waals surface area contributed by atoms with Crippen molar-refractivity contribution >= 4 is 0 Å². The van der Waals surface area contributed by atoms with Crippen LogP contribution in [0.15, 0.2) is 18.2 Å². The first-order valence-electron chi connectivity index (χ1n) is 5.81. The Morgan fingerprint density at radius 3 is 3.00 bits per heavy atom. The van der Waals surface area contributed by atoms with Crippen LogP contribution in [0, 0.1) is 0 Å². The normalized spacial score (nSPS) is 20.1. The predicted octanol–water partition coefficient (Wildman–Crippen LogP) is 1.05. The van der Waals surface area contributed by atoms with Gasteiger partial charge in [-0.3, -0.25) is 0 Å². The van der Waals surface area contributed by atoms with E-state index in [4.69, 9.17) is 9.47 Å². The van der Waals surface area contributed by atoms with Crippen molar-refractivity contribution in [1.29, 1.82) is 0 Å². The summed E-state index contributed by atoms with van der Waals surface area (Å²) in [6, 6.07) is 5.66. The van der Waals surface area contributed by atoms with E-state index < -0.39 is 6.10 Å². The highest BCUT2D eigenvalue weighted by molar-refractivity contribution is 5.39. The molecule has 0 bridgehead atoms. The van der Waals surface area contributed by atoms with Crippen LogP contribution in [-0.2, 0) is 11.2 Å². The minimum atomic E-state index is -0.612. The van der Waals surface area contributed by atoms with Gasteiger partial charge in [-0.1, -0.05) is 6.07 Å². The number of fused-ring (bicyclic) bond motifs is 1. The molecule has 0 heterocycles. The highest BCUT2D eigenvalue weighted by Gasteiger charge is 2.20. The molecule has 2 atom stereocenters. The smallest absolute Gasteiger partial charge is 0.119 e. The van der Waals surface area contributed by atoms with Crippen LogP contribution < -0.4 is 4.74 Å². The number of hydrogen-bond acceptors (Lipinski definition) is 4. The summed E-state index contributed by atoms with van der Waals surface area (Å²) in [4.78, 5) is 0. The average molecular weight is 238 g/mol. The first-order valence-corrected chi connectivity index (χ1v) is 5.81. The number of hydrogen-bond donors (Lipinski definition) is 2. The van der Waals surface area contributed by atoms with Gasteiger partial charge in [0.25, 0.3) is 0 Å². The van der Waals surface area contributed by atoms with E-state index in [0.717, 1.165) is 29.7 Å². The highest BCUT2D eigenvalue weighted by atomic mass is 16.5. The van der Waals surface area contributed by atoms with E-state index in [0.29, 0.717) is 0 Å². The molecule has 1 aliphatic rings. The maximum absolute atomic E-state index is 9.66. The van der Waals surface area contributed by atoms with Crippen LogP contribution >= 0.6 is 0 Å². The van der Waals surface area contributed by atoms with Crippen molar-refractivity contribution in [3.05, 3.63) is 29.3 Å². The molecule has 1 aromatic carbocycles. The van der Waals surface area contributed by atoms with E-state index in [2.05, 4.69) is 0 Å².